The third kappa shape index (κ3) is 2.46. The number of piperazine rings is 1. The van der Waals surface area contributed by atoms with Crippen LogP contribution in [-0.4, -0.2) is 58.7 Å². The molecule has 1 N–H and O–H groups in total. The number of carboxylic acid groups (broad SMARTS) is 1. The number of anilines is 1. The van der Waals surface area contributed by atoms with Crippen LogP contribution < -0.4 is 4.90 Å². The molecular formula is C13H16N4O2S. The Balaban J connectivity index is 1.78. The normalized spacial score (nSPS) is 16.8. The van der Waals surface area contributed by atoms with Gasteiger partial charge in [-0.25, -0.2) is 9.97 Å². The maximum Gasteiger partial charge on any atom is 0.317 e. The average Bonchev–Trinajstić information content (AvgIpc) is 2.81. The molecule has 3 rings (SSSR count). The van der Waals surface area contributed by atoms with Gasteiger partial charge in [-0.15, -0.1) is 11.3 Å². The number of aliphatic carboxylic acids is 1. The van der Waals surface area contributed by atoms with Gasteiger partial charge in [0.2, 0.25) is 0 Å². The Morgan fingerprint density at radius 1 is 1.35 bits per heavy atom. The van der Waals surface area contributed by atoms with E-state index in [1.165, 1.54) is 5.56 Å². The smallest absolute Gasteiger partial charge is 0.317 e. The highest BCUT2D eigenvalue weighted by atomic mass is 32.1. The van der Waals surface area contributed by atoms with Crippen LogP contribution in [0.15, 0.2) is 11.7 Å². The van der Waals surface area contributed by atoms with E-state index in [-0.39, 0.29) is 6.54 Å². The van der Waals surface area contributed by atoms with Crippen LogP contribution in [0.4, 0.5) is 5.82 Å². The standard InChI is InChI=1S/C13H16N4O2S/c1-9-7-20-12-11(9)14-8-15-13(12)17-4-2-16(3-5-17)6-10(18)19/h7-8H,2-6H2,1H3,(H,18,19). The first-order valence-electron chi connectivity index (χ1n) is 6.53. The zero-order valence-electron chi connectivity index (χ0n) is 11.2. The third-order valence-corrected chi connectivity index (χ3v) is 4.63. The summed E-state index contributed by atoms with van der Waals surface area (Å²) in [6, 6.07) is 0. The molecule has 3 heterocycles. The van der Waals surface area contributed by atoms with Crippen molar-refractivity contribution >= 4 is 33.3 Å². The molecule has 7 heteroatoms. The fourth-order valence-corrected chi connectivity index (χ4v) is 3.51. The summed E-state index contributed by atoms with van der Waals surface area (Å²) in [5.74, 6) is 0.208. The van der Waals surface area contributed by atoms with E-state index in [1.807, 2.05) is 4.90 Å². The molecule has 20 heavy (non-hydrogen) atoms. The van der Waals surface area contributed by atoms with Crippen molar-refractivity contribution in [1.29, 1.82) is 0 Å². The van der Waals surface area contributed by atoms with Crippen molar-refractivity contribution in [3.8, 4) is 0 Å². The van der Waals surface area contributed by atoms with Crippen LogP contribution in [0.2, 0.25) is 0 Å². The number of fused-ring (bicyclic) bond motifs is 1. The largest absolute Gasteiger partial charge is 0.480 e. The Hall–Kier alpha value is -1.73. The highest BCUT2D eigenvalue weighted by molar-refractivity contribution is 7.18. The van der Waals surface area contributed by atoms with Gasteiger partial charge in [-0.05, 0) is 17.9 Å². The van der Waals surface area contributed by atoms with Gasteiger partial charge in [-0.2, -0.15) is 0 Å². The highest BCUT2D eigenvalue weighted by Crippen LogP contribution is 2.31. The Bertz CT molecular complexity index is 634. The monoisotopic (exact) mass is 292 g/mol. The molecule has 6 nitrogen and oxygen atoms in total. The van der Waals surface area contributed by atoms with Crippen molar-refractivity contribution < 1.29 is 9.90 Å². The number of nitrogens with zero attached hydrogens (tertiary/aromatic N) is 4. The first kappa shape index (κ1) is 13.3. The number of rotatable bonds is 3. The summed E-state index contributed by atoms with van der Waals surface area (Å²) in [7, 11) is 0. The molecule has 0 saturated carbocycles. The van der Waals surface area contributed by atoms with Crippen molar-refractivity contribution in [1.82, 2.24) is 14.9 Å². The molecule has 106 valence electrons. The van der Waals surface area contributed by atoms with E-state index in [1.54, 1.807) is 17.7 Å². The predicted molar refractivity (Wildman–Crippen MR) is 78.4 cm³/mol. The molecule has 0 radical (unpaired) electrons. The number of thiophene rings is 1. The van der Waals surface area contributed by atoms with Crippen LogP contribution in [0.25, 0.3) is 10.2 Å². The first-order valence-corrected chi connectivity index (χ1v) is 7.41. The first-order chi connectivity index (χ1) is 9.65. The summed E-state index contributed by atoms with van der Waals surface area (Å²) < 4.78 is 1.12. The van der Waals surface area contributed by atoms with Gasteiger partial charge in [0.1, 0.15) is 12.1 Å². The minimum atomic E-state index is -0.767. The predicted octanol–water partition coefficient (Wildman–Crippen LogP) is 1.21. The number of aryl methyl sites for hydroxylation is 1. The van der Waals surface area contributed by atoms with E-state index >= 15 is 0 Å². The second kappa shape index (κ2) is 5.34. The summed E-state index contributed by atoms with van der Waals surface area (Å²) in [5.41, 5.74) is 2.20. The lowest BCUT2D eigenvalue weighted by Gasteiger charge is -2.34. The fraction of sp³-hybridized carbons (Fsp3) is 0.462. The van der Waals surface area contributed by atoms with Crippen LogP contribution >= 0.6 is 11.3 Å². The number of hydrogen-bond donors (Lipinski definition) is 1. The molecular weight excluding hydrogens is 276 g/mol. The lowest BCUT2D eigenvalue weighted by molar-refractivity contribution is -0.138. The topological polar surface area (TPSA) is 69.6 Å². The minimum absolute atomic E-state index is 0.116. The number of hydrogen-bond acceptors (Lipinski definition) is 6. The van der Waals surface area contributed by atoms with E-state index in [0.29, 0.717) is 0 Å². The number of carboxylic acids is 1. The van der Waals surface area contributed by atoms with Gasteiger partial charge in [-0.3, -0.25) is 9.69 Å². The zero-order chi connectivity index (χ0) is 14.1. The van der Waals surface area contributed by atoms with Gasteiger partial charge in [-0.1, -0.05) is 0 Å². The van der Waals surface area contributed by atoms with Crippen molar-refractivity contribution in [3.63, 3.8) is 0 Å². The van der Waals surface area contributed by atoms with Crippen LogP contribution in [0, 0.1) is 6.92 Å². The molecule has 0 aromatic carbocycles. The number of aromatic nitrogens is 2. The Morgan fingerprint density at radius 2 is 2.10 bits per heavy atom. The summed E-state index contributed by atoms with van der Waals surface area (Å²) in [6.07, 6.45) is 1.61. The molecule has 0 unspecified atom stereocenters. The summed E-state index contributed by atoms with van der Waals surface area (Å²) >= 11 is 1.67. The molecule has 0 bridgehead atoms. The molecule has 0 spiro atoms. The highest BCUT2D eigenvalue weighted by Gasteiger charge is 2.21. The Morgan fingerprint density at radius 3 is 2.80 bits per heavy atom. The van der Waals surface area contributed by atoms with E-state index in [4.69, 9.17) is 5.11 Å². The van der Waals surface area contributed by atoms with Crippen LogP contribution in [0.5, 0.6) is 0 Å². The van der Waals surface area contributed by atoms with Crippen molar-refractivity contribution in [2.75, 3.05) is 37.6 Å². The van der Waals surface area contributed by atoms with E-state index in [2.05, 4.69) is 27.2 Å². The molecule has 1 fully saturated rings. The average molecular weight is 292 g/mol. The van der Waals surface area contributed by atoms with Gasteiger partial charge in [0.25, 0.3) is 0 Å². The van der Waals surface area contributed by atoms with E-state index in [9.17, 15) is 4.79 Å². The second-order valence-electron chi connectivity index (χ2n) is 4.95. The van der Waals surface area contributed by atoms with Gasteiger partial charge >= 0.3 is 5.97 Å². The number of carbonyl (C=O) groups is 1. The van der Waals surface area contributed by atoms with E-state index in [0.717, 1.165) is 42.2 Å². The molecule has 0 aliphatic carbocycles. The SMILES string of the molecule is Cc1csc2c(N3CCN(CC(=O)O)CC3)ncnc12. The summed E-state index contributed by atoms with van der Waals surface area (Å²) in [6.45, 7) is 5.28. The Labute approximate surface area is 120 Å². The van der Waals surface area contributed by atoms with Gasteiger partial charge in [0.05, 0.1) is 16.8 Å². The maximum absolute atomic E-state index is 10.7. The van der Waals surface area contributed by atoms with Crippen molar-refractivity contribution in [3.05, 3.63) is 17.3 Å². The molecule has 0 atom stereocenters. The lowest BCUT2D eigenvalue weighted by atomic mass is 10.2. The minimum Gasteiger partial charge on any atom is -0.480 e. The summed E-state index contributed by atoms with van der Waals surface area (Å²) in [5, 5.41) is 10.9. The molecule has 1 aliphatic heterocycles. The third-order valence-electron chi connectivity index (χ3n) is 3.54. The fourth-order valence-electron chi connectivity index (χ4n) is 2.49. The van der Waals surface area contributed by atoms with Crippen molar-refractivity contribution in [2.24, 2.45) is 0 Å². The van der Waals surface area contributed by atoms with Crippen molar-refractivity contribution in [2.45, 2.75) is 6.92 Å². The molecule has 1 aliphatic rings. The molecule has 2 aromatic rings. The summed E-state index contributed by atoms with van der Waals surface area (Å²) in [4.78, 5) is 23.7. The van der Waals surface area contributed by atoms with Gasteiger partial charge < -0.3 is 10.0 Å². The van der Waals surface area contributed by atoms with Crippen LogP contribution in [0.3, 0.4) is 0 Å². The van der Waals surface area contributed by atoms with E-state index < -0.39 is 5.97 Å². The Kier molecular flexibility index (Phi) is 3.54. The van der Waals surface area contributed by atoms with Gasteiger partial charge in [0, 0.05) is 26.2 Å². The maximum atomic E-state index is 10.7. The van der Waals surface area contributed by atoms with Crippen LogP contribution in [-0.2, 0) is 4.79 Å². The second-order valence-corrected chi connectivity index (χ2v) is 5.83. The molecule has 0 amide bonds. The lowest BCUT2D eigenvalue weighted by Crippen LogP contribution is -2.48. The molecule has 2 aromatic heterocycles. The van der Waals surface area contributed by atoms with Crippen LogP contribution in [0.1, 0.15) is 5.56 Å². The zero-order valence-corrected chi connectivity index (χ0v) is 12.1. The van der Waals surface area contributed by atoms with Gasteiger partial charge in [0.15, 0.2) is 0 Å². The quantitative estimate of drug-likeness (QED) is 0.917. The molecule has 1 saturated heterocycles.